The SMILES string of the molecule is Cc1ccc2cc(C(=O)N3CCC4(CCCCNC(=O)c5ccccc5OCCN(C)C4=O)CC3)oc2c1. The van der Waals surface area contributed by atoms with Gasteiger partial charge in [-0.2, -0.15) is 0 Å². The quantitative estimate of drug-likeness (QED) is 0.516. The van der Waals surface area contributed by atoms with Crippen LogP contribution in [0.3, 0.4) is 0 Å². The lowest BCUT2D eigenvalue weighted by molar-refractivity contribution is -0.144. The first-order valence-electron chi connectivity index (χ1n) is 13.4. The zero-order valence-electron chi connectivity index (χ0n) is 22.1. The van der Waals surface area contributed by atoms with Gasteiger partial charge < -0.3 is 24.3 Å². The van der Waals surface area contributed by atoms with Crippen LogP contribution in [0.25, 0.3) is 11.0 Å². The van der Waals surface area contributed by atoms with Crippen LogP contribution in [-0.2, 0) is 4.79 Å². The van der Waals surface area contributed by atoms with Gasteiger partial charge in [0.25, 0.3) is 11.8 Å². The second-order valence-corrected chi connectivity index (χ2v) is 10.5. The molecule has 3 amide bonds. The van der Waals surface area contributed by atoms with Crippen LogP contribution in [0.2, 0.25) is 0 Å². The van der Waals surface area contributed by atoms with E-state index in [9.17, 15) is 14.4 Å². The molecular weight excluding hydrogens is 482 g/mol. The van der Waals surface area contributed by atoms with E-state index in [1.807, 2.05) is 44.3 Å². The summed E-state index contributed by atoms with van der Waals surface area (Å²) in [5.41, 5.74) is 1.76. The van der Waals surface area contributed by atoms with Gasteiger partial charge in [0, 0.05) is 32.1 Å². The van der Waals surface area contributed by atoms with Gasteiger partial charge in [0.2, 0.25) is 5.91 Å². The van der Waals surface area contributed by atoms with Crippen molar-refractivity contribution < 1.29 is 23.5 Å². The number of piperidine rings is 1. The van der Waals surface area contributed by atoms with Gasteiger partial charge in [-0.15, -0.1) is 0 Å². The van der Waals surface area contributed by atoms with Crippen molar-refractivity contribution in [3.8, 4) is 5.75 Å². The lowest BCUT2D eigenvalue weighted by Gasteiger charge is -2.42. The maximum Gasteiger partial charge on any atom is 0.289 e. The molecule has 0 saturated carbocycles. The van der Waals surface area contributed by atoms with Crippen LogP contribution < -0.4 is 10.1 Å². The van der Waals surface area contributed by atoms with Crippen LogP contribution in [0.4, 0.5) is 0 Å². The number of amides is 3. The molecule has 8 nitrogen and oxygen atoms in total. The molecule has 1 aromatic heterocycles. The van der Waals surface area contributed by atoms with Crippen molar-refractivity contribution in [1.29, 1.82) is 0 Å². The standard InChI is InChI=1S/C30H35N3O5/c1-21-9-10-22-20-26(38-25(22)19-21)28(35)33-15-12-30(13-16-33)11-5-6-14-31-27(34)23-7-3-4-8-24(23)37-18-17-32(2)29(30)36/h3-4,7-10,19-20H,5-6,11-18H2,1-2H3,(H,31,34). The summed E-state index contributed by atoms with van der Waals surface area (Å²) in [6, 6.07) is 14.9. The Morgan fingerprint density at radius 3 is 2.58 bits per heavy atom. The molecule has 0 unspecified atom stereocenters. The number of furan rings is 1. The Hall–Kier alpha value is -3.81. The number of fused-ring (bicyclic) bond motifs is 2. The average molecular weight is 518 g/mol. The zero-order chi connectivity index (χ0) is 26.7. The number of nitrogens with zero attached hydrogens (tertiary/aromatic N) is 2. The van der Waals surface area contributed by atoms with Crippen molar-refractivity contribution in [3.63, 3.8) is 0 Å². The number of benzene rings is 2. The molecule has 8 heteroatoms. The molecule has 0 radical (unpaired) electrons. The molecule has 38 heavy (non-hydrogen) atoms. The summed E-state index contributed by atoms with van der Waals surface area (Å²) in [5, 5.41) is 3.89. The molecule has 2 aromatic carbocycles. The molecule has 3 heterocycles. The van der Waals surface area contributed by atoms with Crippen molar-refractivity contribution in [2.24, 2.45) is 5.41 Å². The van der Waals surface area contributed by atoms with Crippen molar-refractivity contribution in [2.45, 2.75) is 39.0 Å². The summed E-state index contributed by atoms with van der Waals surface area (Å²) in [5.74, 6) is 0.672. The highest BCUT2D eigenvalue weighted by Gasteiger charge is 2.43. The van der Waals surface area contributed by atoms with Crippen LogP contribution >= 0.6 is 0 Å². The Kier molecular flexibility index (Phi) is 7.40. The third kappa shape index (κ3) is 5.26. The Balaban J connectivity index is 1.28. The summed E-state index contributed by atoms with van der Waals surface area (Å²) < 4.78 is 11.8. The summed E-state index contributed by atoms with van der Waals surface area (Å²) in [6.07, 6.45) is 3.49. The summed E-state index contributed by atoms with van der Waals surface area (Å²) >= 11 is 0. The van der Waals surface area contributed by atoms with E-state index in [4.69, 9.17) is 9.15 Å². The molecular formula is C30H35N3O5. The van der Waals surface area contributed by atoms with E-state index in [1.54, 1.807) is 28.0 Å². The normalized spacial score (nSPS) is 19.0. The van der Waals surface area contributed by atoms with Gasteiger partial charge >= 0.3 is 0 Å². The lowest BCUT2D eigenvalue weighted by Crippen LogP contribution is -2.51. The van der Waals surface area contributed by atoms with Gasteiger partial charge in [-0.25, -0.2) is 0 Å². The highest BCUT2D eigenvalue weighted by atomic mass is 16.5. The fourth-order valence-electron chi connectivity index (χ4n) is 5.57. The number of hydrogen-bond acceptors (Lipinski definition) is 5. The first-order valence-corrected chi connectivity index (χ1v) is 13.4. The number of aryl methyl sites for hydroxylation is 1. The van der Waals surface area contributed by atoms with E-state index in [0.717, 1.165) is 30.2 Å². The monoisotopic (exact) mass is 517 g/mol. The van der Waals surface area contributed by atoms with E-state index in [2.05, 4.69) is 5.32 Å². The molecule has 3 aromatic rings. The number of likely N-dealkylation sites (tertiary alicyclic amines) is 1. The minimum absolute atomic E-state index is 0.0989. The number of carbonyl (C=O) groups is 3. The van der Waals surface area contributed by atoms with Gasteiger partial charge in [0.05, 0.1) is 17.5 Å². The molecule has 5 rings (SSSR count). The second kappa shape index (κ2) is 10.9. The third-order valence-corrected chi connectivity index (χ3v) is 7.88. The smallest absolute Gasteiger partial charge is 0.289 e. The van der Waals surface area contributed by atoms with Crippen molar-refractivity contribution in [3.05, 3.63) is 65.4 Å². The Bertz CT molecular complexity index is 1340. The largest absolute Gasteiger partial charge is 0.491 e. The molecule has 0 aliphatic carbocycles. The fourth-order valence-corrected chi connectivity index (χ4v) is 5.57. The number of rotatable bonds is 1. The van der Waals surface area contributed by atoms with Gasteiger partial charge in [0.1, 0.15) is 17.9 Å². The predicted octanol–water partition coefficient (Wildman–Crippen LogP) is 4.41. The minimum atomic E-state index is -0.539. The minimum Gasteiger partial charge on any atom is -0.491 e. The first-order chi connectivity index (χ1) is 18.4. The molecule has 1 saturated heterocycles. The number of para-hydroxylation sites is 1. The van der Waals surface area contributed by atoms with Gasteiger partial charge in [-0.3, -0.25) is 14.4 Å². The Labute approximate surface area is 222 Å². The maximum atomic E-state index is 13.8. The molecule has 1 N–H and O–H groups in total. The number of ether oxygens (including phenoxy) is 1. The van der Waals surface area contributed by atoms with Crippen molar-refractivity contribution >= 4 is 28.7 Å². The van der Waals surface area contributed by atoms with E-state index < -0.39 is 5.41 Å². The first kappa shape index (κ1) is 25.8. The van der Waals surface area contributed by atoms with Gasteiger partial charge in [-0.1, -0.05) is 30.7 Å². The Morgan fingerprint density at radius 2 is 1.76 bits per heavy atom. The van der Waals surface area contributed by atoms with Crippen LogP contribution in [-0.4, -0.2) is 67.4 Å². The molecule has 2 aliphatic heterocycles. The topological polar surface area (TPSA) is 92.1 Å². The number of carbonyl (C=O) groups excluding carboxylic acids is 3. The van der Waals surface area contributed by atoms with Crippen LogP contribution in [0.1, 0.15) is 58.6 Å². The summed E-state index contributed by atoms with van der Waals surface area (Å²) in [6.45, 7) is 4.22. The Morgan fingerprint density at radius 1 is 0.974 bits per heavy atom. The highest BCUT2D eigenvalue weighted by molar-refractivity contribution is 5.97. The molecule has 200 valence electrons. The molecule has 1 fully saturated rings. The van der Waals surface area contributed by atoms with Crippen molar-refractivity contribution in [1.82, 2.24) is 15.1 Å². The van der Waals surface area contributed by atoms with E-state index in [0.29, 0.717) is 68.3 Å². The lowest BCUT2D eigenvalue weighted by atomic mass is 9.73. The van der Waals surface area contributed by atoms with Crippen molar-refractivity contribution in [2.75, 3.05) is 39.8 Å². The highest BCUT2D eigenvalue weighted by Crippen LogP contribution is 2.39. The molecule has 0 bridgehead atoms. The fraction of sp³-hybridized carbons (Fsp3) is 0.433. The number of nitrogens with one attached hydrogen (secondary N) is 1. The van der Waals surface area contributed by atoms with Gasteiger partial charge in [-0.05, 0) is 62.4 Å². The summed E-state index contributed by atoms with van der Waals surface area (Å²) in [7, 11) is 1.81. The van der Waals surface area contributed by atoms with Crippen LogP contribution in [0.15, 0.2) is 52.9 Å². The zero-order valence-corrected chi connectivity index (χ0v) is 22.1. The molecule has 1 spiro atoms. The number of likely N-dealkylation sites (N-methyl/N-ethyl adjacent to an activating group) is 1. The summed E-state index contributed by atoms with van der Waals surface area (Å²) in [4.78, 5) is 43.2. The van der Waals surface area contributed by atoms with E-state index >= 15 is 0 Å². The molecule has 0 atom stereocenters. The van der Waals surface area contributed by atoms with Crippen LogP contribution in [0, 0.1) is 12.3 Å². The van der Waals surface area contributed by atoms with E-state index in [1.165, 1.54) is 0 Å². The van der Waals surface area contributed by atoms with E-state index in [-0.39, 0.29) is 17.7 Å². The van der Waals surface area contributed by atoms with Crippen LogP contribution in [0.5, 0.6) is 5.75 Å². The van der Waals surface area contributed by atoms with Gasteiger partial charge in [0.15, 0.2) is 5.76 Å². The number of hydrogen-bond donors (Lipinski definition) is 1. The third-order valence-electron chi connectivity index (χ3n) is 7.88. The predicted molar refractivity (Wildman–Crippen MR) is 144 cm³/mol. The average Bonchev–Trinajstić information content (AvgIpc) is 3.35. The second-order valence-electron chi connectivity index (χ2n) is 10.5. The maximum absolute atomic E-state index is 13.8. The molecule has 2 aliphatic rings.